The molecule has 0 radical (unpaired) electrons. The lowest BCUT2D eigenvalue weighted by atomic mass is 9.98. The Morgan fingerprint density at radius 3 is 2.58 bits per heavy atom. The Hall–Kier alpha value is -0.240. The molecule has 0 amide bonds. The molecule has 1 aliphatic heterocycles. The van der Waals surface area contributed by atoms with Crippen LogP contribution in [0, 0.1) is 0 Å². The SMILES string of the molecule is [2H][C@H](O)C1(O)OC[C@@H](O)[C@@H](O)[C@@H]1O. The third-order valence-electron chi connectivity index (χ3n) is 1.81. The molecule has 0 aromatic heterocycles. The molecule has 1 unspecified atom stereocenters. The molecule has 72 valence electrons. The van der Waals surface area contributed by atoms with Gasteiger partial charge in [-0.1, -0.05) is 0 Å². The summed E-state index contributed by atoms with van der Waals surface area (Å²) in [6, 6.07) is 0. The van der Waals surface area contributed by atoms with Crippen LogP contribution < -0.4 is 0 Å². The van der Waals surface area contributed by atoms with Crippen molar-refractivity contribution in [1.82, 2.24) is 0 Å². The number of aliphatic hydroxyl groups excluding tert-OH is 4. The fraction of sp³-hybridized carbons (Fsp3) is 1.00. The largest absolute Gasteiger partial charge is 0.391 e. The fourth-order valence-electron chi connectivity index (χ4n) is 0.972. The molecule has 1 aliphatic rings. The van der Waals surface area contributed by atoms with Gasteiger partial charge in [0, 0.05) is 0 Å². The van der Waals surface area contributed by atoms with Gasteiger partial charge in [0.05, 0.1) is 14.6 Å². The van der Waals surface area contributed by atoms with E-state index in [1.807, 2.05) is 0 Å². The Kier molecular flexibility index (Phi) is 2.26. The van der Waals surface area contributed by atoms with E-state index in [2.05, 4.69) is 4.74 Å². The third kappa shape index (κ3) is 1.45. The summed E-state index contributed by atoms with van der Waals surface area (Å²) in [4.78, 5) is 0. The zero-order valence-electron chi connectivity index (χ0n) is 7.16. The normalized spacial score (nSPS) is 53.1. The van der Waals surface area contributed by atoms with Gasteiger partial charge in [0.2, 0.25) is 5.79 Å². The molecule has 6 heteroatoms. The van der Waals surface area contributed by atoms with Gasteiger partial charge in [-0.15, -0.1) is 0 Å². The summed E-state index contributed by atoms with van der Waals surface area (Å²) < 4.78 is 11.3. The summed E-state index contributed by atoms with van der Waals surface area (Å²) in [5.74, 6) is -2.54. The first-order chi connectivity index (χ1) is 5.89. The number of hydrogen-bond donors (Lipinski definition) is 5. The van der Waals surface area contributed by atoms with Crippen molar-refractivity contribution in [2.45, 2.75) is 24.1 Å². The van der Waals surface area contributed by atoms with Gasteiger partial charge >= 0.3 is 0 Å². The summed E-state index contributed by atoms with van der Waals surface area (Å²) in [5, 5.41) is 45.3. The van der Waals surface area contributed by atoms with Crippen LogP contribution in [0.25, 0.3) is 0 Å². The standard InChI is InChI=1S/C6H12O6/c7-2-6(11)5(10)4(9)3(8)1-12-6/h3-5,7-11H,1-2H2/t3-,4-,5+,6?/m1/s1/i2D/t2-,3+,4+,5-,6?/m0. The summed E-state index contributed by atoms with van der Waals surface area (Å²) in [7, 11) is 0. The van der Waals surface area contributed by atoms with E-state index in [1.165, 1.54) is 0 Å². The van der Waals surface area contributed by atoms with Gasteiger partial charge < -0.3 is 30.3 Å². The molecule has 0 saturated carbocycles. The molecule has 5 N–H and O–H groups in total. The zero-order valence-corrected chi connectivity index (χ0v) is 6.16. The lowest BCUT2D eigenvalue weighted by Crippen LogP contribution is -2.62. The molecule has 0 spiro atoms. The molecular weight excluding hydrogens is 168 g/mol. The van der Waals surface area contributed by atoms with Crippen LogP contribution in [-0.2, 0) is 4.74 Å². The van der Waals surface area contributed by atoms with Gasteiger partial charge in [-0.25, -0.2) is 0 Å². The Morgan fingerprint density at radius 2 is 2.08 bits per heavy atom. The molecule has 1 rings (SSSR count). The van der Waals surface area contributed by atoms with Crippen molar-refractivity contribution in [2.24, 2.45) is 0 Å². The van der Waals surface area contributed by atoms with Crippen LogP contribution in [0.3, 0.4) is 0 Å². The first kappa shape index (κ1) is 8.36. The minimum absolute atomic E-state index is 0.454. The highest BCUT2D eigenvalue weighted by molar-refractivity contribution is 4.90. The van der Waals surface area contributed by atoms with E-state index in [0.717, 1.165) is 0 Å². The molecule has 0 aromatic rings. The van der Waals surface area contributed by atoms with Crippen molar-refractivity contribution in [2.75, 3.05) is 13.2 Å². The third-order valence-corrected chi connectivity index (χ3v) is 1.81. The van der Waals surface area contributed by atoms with Crippen molar-refractivity contribution in [1.29, 1.82) is 0 Å². The maximum Gasteiger partial charge on any atom is 0.218 e. The van der Waals surface area contributed by atoms with E-state index >= 15 is 0 Å². The Balaban J connectivity index is 2.79. The van der Waals surface area contributed by atoms with Crippen molar-refractivity contribution < 1.29 is 31.6 Å². The van der Waals surface area contributed by atoms with Crippen LogP contribution in [0.2, 0.25) is 0 Å². The predicted molar refractivity (Wildman–Crippen MR) is 36.0 cm³/mol. The van der Waals surface area contributed by atoms with E-state index in [0.29, 0.717) is 0 Å². The van der Waals surface area contributed by atoms with Crippen molar-refractivity contribution in [3.8, 4) is 0 Å². The van der Waals surface area contributed by atoms with Gasteiger partial charge in [0.1, 0.15) is 18.3 Å². The Morgan fingerprint density at radius 1 is 1.50 bits per heavy atom. The molecule has 0 bridgehead atoms. The summed E-state index contributed by atoms with van der Waals surface area (Å²) in [6.45, 7) is -2.56. The van der Waals surface area contributed by atoms with Crippen molar-refractivity contribution in [3.63, 3.8) is 0 Å². The highest BCUT2D eigenvalue weighted by atomic mass is 16.7. The predicted octanol–water partition coefficient (Wildman–Crippen LogP) is -3.22. The molecule has 0 aromatic carbocycles. The maximum atomic E-state index is 9.32. The van der Waals surface area contributed by atoms with Crippen LogP contribution in [0.5, 0.6) is 0 Å². The topological polar surface area (TPSA) is 110 Å². The first-order valence-corrected chi connectivity index (χ1v) is 3.40. The highest BCUT2D eigenvalue weighted by Crippen LogP contribution is 2.22. The molecule has 1 fully saturated rings. The lowest BCUT2D eigenvalue weighted by Gasteiger charge is -2.40. The van der Waals surface area contributed by atoms with Gasteiger partial charge in [0.15, 0.2) is 0 Å². The molecule has 1 saturated heterocycles. The maximum absolute atomic E-state index is 9.32. The smallest absolute Gasteiger partial charge is 0.218 e. The Labute approximate surface area is 70.0 Å². The average Bonchev–Trinajstić information content (AvgIpc) is 2.08. The Bertz CT molecular complexity index is 188. The van der Waals surface area contributed by atoms with Crippen molar-refractivity contribution in [3.05, 3.63) is 0 Å². The van der Waals surface area contributed by atoms with E-state index in [4.69, 9.17) is 16.7 Å². The molecule has 1 heterocycles. The van der Waals surface area contributed by atoms with E-state index in [9.17, 15) is 10.2 Å². The van der Waals surface area contributed by atoms with Gasteiger partial charge in [-0.05, 0) is 0 Å². The summed E-state index contributed by atoms with van der Waals surface area (Å²) in [5.41, 5.74) is 0. The van der Waals surface area contributed by atoms with Crippen LogP contribution >= 0.6 is 0 Å². The highest BCUT2D eigenvalue weighted by Gasteiger charge is 2.47. The number of aliphatic hydroxyl groups is 5. The number of rotatable bonds is 1. The monoisotopic (exact) mass is 181 g/mol. The average molecular weight is 181 g/mol. The second-order valence-electron chi connectivity index (χ2n) is 2.69. The van der Waals surface area contributed by atoms with E-state index in [1.54, 1.807) is 0 Å². The van der Waals surface area contributed by atoms with E-state index in [-0.39, 0.29) is 0 Å². The molecular formula is C6H12O6. The van der Waals surface area contributed by atoms with Crippen LogP contribution in [0.1, 0.15) is 1.37 Å². The quantitative estimate of drug-likeness (QED) is 0.291. The molecule has 6 nitrogen and oxygen atoms in total. The van der Waals surface area contributed by atoms with Gasteiger partial charge in [-0.2, -0.15) is 0 Å². The molecule has 0 aliphatic carbocycles. The number of hydrogen-bond acceptors (Lipinski definition) is 6. The summed E-state index contributed by atoms with van der Waals surface area (Å²) >= 11 is 0. The zero-order chi connectivity index (χ0) is 10.2. The first-order valence-electron chi connectivity index (χ1n) is 3.98. The van der Waals surface area contributed by atoms with Gasteiger partial charge in [0.25, 0.3) is 0 Å². The summed E-state index contributed by atoms with van der Waals surface area (Å²) in [6.07, 6.45) is -4.89. The van der Waals surface area contributed by atoms with Crippen LogP contribution in [0.4, 0.5) is 0 Å². The number of ether oxygens (including phenoxy) is 1. The van der Waals surface area contributed by atoms with Gasteiger partial charge in [-0.3, -0.25) is 0 Å². The fourth-order valence-corrected chi connectivity index (χ4v) is 0.972. The van der Waals surface area contributed by atoms with Crippen molar-refractivity contribution >= 4 is 0 Å². The lowest BCUT2D eigenvalue weighted by molar-refractivity contribution is -0.331. The second-order valence-corrected chi connectivity index (χ2v) is 2.69. The minimum Gasteiger partial charge on any atom is -0.391 e. The van der Waals surface area contributed by atoms with Crippen LogP contribution in [-0.4, -0.2) is 62.8 Å². The molecule has 5 atom stereocenters. The van der Waals surface area contributed by atoms with E-state index < -0.39 is 37.3 Å². The minimum atomic E-state index is -2.54. The van der Waals surface area contributed by atoms with Crippen LogP contribution in [0.15, 0.2) is 0 Å². The molecule has 12 heavy (non-hydrogen) atoms. The second kappa shape index (κ2) is 3.25.